The Labute approximate surface area is 113 Å². The van der Waals surface area contributed by atoms with E-state index in [2.05, 4.69) is 48.2 Å². The first-order valence-electron chi connectivity index (χ1n) is 6.58. The number of anilines is 2. The topological polar surface area (TPSA) is 27.0 Å². The lowest BCUT2D eigenvalue weighted by Gasteiger charge is -2.25. The zero-order chi connectivity index (χ0) is 13.4. The number of rotatable bonds is 1. The molecule has 2 aromatic carbocycles. The van der Waals surface area contributed by atoms with Crippen LogP contribution in [0.1, 0.15) is 23.6 Å². The van der Waals surface area contributed by atoms with Gasteiger partial charge in [-0.25, -0.2) is 0 Å². The van der Waals surface area contributed by atoms with Gasteiger partial charge in [0.15, 0.2) is 0 Å². The van der Waals surface area contributed by atoms with Crippen LogP contribution in [-0.2, 0) is 6.42 Å². The van der Waals surface area contributed by atoms with E-state index in [1.807, 2.05) is 19.1 Å². The summed E-state index contributed by atoms with van der Waals surface area (Å²) in [7, 11) is 0. The summed E-state index contributed by atoms with van der Waals surface area (Å²) in [4.78, 5) is 2.36. The molecule has 1 heterocycles. The van der Waals surface area contributed by atoms with Crippen molar-refractivity contribution in [3.63, 3.8) is 0 Å². The van der Waals surface area contributed by atoms with Crippen LogP contribution in [0.25, 0.3) is 0 Å². The maximum Gasteiger partial charge on any atom is 0.0994 e. The minimum Gasteiger partial charge on any atom is -0.338 e. The molecule has 0 amide bonds. The molecule has 0 bridgehead atoms. The molecular formula is C17H16N2. The van der Waals surface area contributed by atoms with E-state index in [4.69, 9.17) is 5.26 Å². The van der Waals surface area contributed by atoms with E-state index in [1.54, 1.807) is 0 Å². The average Bonchev–Trinajstić information content (AvgIpc) is 2.74. The molecule has 1 aliphatic heterocycles. The molecule has 0 spiro atoms. The molecule has 0 fully saturated rings. The summed E-state index contributed by atoms with van der Waals surface area (Å²) in [6.07, 6.45) is 1.08. The molecule has 0 saturated heterocycles. The molecule has 0 N–H and O–H groups in total. The van der Waals surface area contributed by atoms with Crippen LogP contribution in [0.3, 0.4) is 0 Å². The molecule has 0 radical (unpaired) electrons. The van der Waals surface area contributed by atoms with Crippen molar-refractivity contribution in [2.24, 2.45) is 0 Å². The molecule has 19 heavy (non-hydrogen) atoms. The minimum absolute atomic E-state index is 0.463. The fourth-order valence-electron chi connectivity index (χ4n) is 2.88. The van der Waals surface area contributed by atoms with Crippen molar-refractivity contribution in [1.29, 1.82) is 5.26 Å². The SMILES string of the molecule is Cc1cc(N2c3ccccc3CC2C)ccc1C#N. The van der Waals surface area contributed by atoms with Crippen molar-refractivity contribution >= 4 is 11.4 Å². The van der Waals surface area contributed by atoms with Gasteiger partial charge in [-0.2, -0.15) is 5.26 Å². The highest BCUT2D eigenvalue weighted by Crippen LogP contribution is 2.38. The van der Waals surface area contributed by atoms with Crippen molar-refractivity contribution in [1.82, 2.24) is 0 Å². The molecule has 1 aliphatic rings. The number of hydrogen-bond acceptors (Lipinski definition) is 2. The number of aryl methyl sites for hydroxylation is 1. The molecule has 94 valence electrons. The van der Waals surface area contributed by atoms with Crippen LogP contribution in [0.15, 0.2) is 42.5 Å². The Morgan fingerprint density at radius 3 is 2.74 bits per heavy atom. The summed E-state index contributed by atoms with van der Waals surface area (Å²) < 4.78 is 0. The number of nitriles is 1. The molecule has 0 aromatic heterocycles. The van der Waals surface area contributed by atoms with Gasteiger partial charge in [-0.3, -0.25) is 0 Å². The fraction of sp³-hybridized carbons (Fsp3) is 0.235. The van der Waals surface area contributed by atoms with Crippen LogP contribution in [-0.4, -0.2) is 6.04 Å². The first-order valence-corrected chi connectivity index (χ1v) is 6.58. The first kappa shape index (κ1) is 11.8. The second-order valence-electron chi connectivity index (χ2n) is 5.16. The maximum atomic E-state index is 9.02. The molecule has 2 aromatic rings. The van der Waals surface area contributed by atoms with E-state index in [-0.39, 0.29) is 0 Å². The molecular weight excluding hydrogens is 232 g/mol. The van der Waals surface area contributed by atoms with Gasteiger partial charge >= 0.3 is 0 Å². The predicted molar refractivity (Wildman–Crippen MR) is 77.6 cm³/mol. The summed E-state index contributed by atoms with van der Waals surface area (Å²) in [5.41, 5.74) is 5.66. The monoisotopic (exact) mass is 248 g/mol. The second-order valence-corrected chi connectivity index (χ2v) is 5.16. The minimum atomic E-state index is 0.463. The van der Waals surface area contributed by atoms with E-state index >= 15 is 0 Å². The Balaban J connectivity index is 2.08. The highest BCUT2D eigenvalue weighted by molar-refractivity contribution is 5.72. The van der Waals surface area contributed by atoms with Gasteiger partial charge in [-0.1, -0.05) is 18.2 Å². The van der Waals surface area contributed by atoms with Gasteiger partial charge in [-0.15, -0.1) is 0 Å². The van der Waals surface area contributed by atoms with E-state index in [0.29, 0.717) is 6.04 Å². The van der Waals surface area contributed by atoms with Crippen LogP contribution in [0.2, 0.25) is 0 Å². The summed E-state index contributed by atoms with van der Waals surface area (Å²) >= 11 is 0. The standard InChI is InChI=1S/C17H16N2/c1-12-9-16(8-7-15(12)11-18)19-13(2)10-14-5-3-4-6-17(14)19/h3-9,13H,10H2,1-2H3. The Hall–Kier alpha value is -2.27. The van der Waals surface area contributed by atoms with Gasteiger partial charge in [0.2, 0.25) is 0 Å². The highest BCUT2D eigenvalue weighted by atomic mass is 15.2. The van der Waals surface area contributed by atoms with Gasteiger partial charge in [0.1, 0.15) is 0 Å². The van der Waals surface area contributed by atoms with E-state index < -0.39 is 0 Å². The Kier molecular flexibility index (Phi) is 2.76. The zero-order valence-corrected chi connectivity index (χ0v) is 11.2. The lowest BCUT2D eigenvalue weighted by atomic mass is 10.1. The van der Waals surface area contributed by atoms with Crippen LogP contribution in [0.4, 0.5) is 11.4 Å². The normalized spacial score (nSPS) is 17.1. The Morgan fingerprint density at radius 1 is 1.21 bits per heavy atom. The Bertz CT molecular complexity index is 667. The van der Waals surface area contributed by atoms with Crippen molar-refractivity contribution in [2.45, 2.75) is 26.3 Å². The second kappa shape index (κ2) is 4.44. The van der Waals surface area contributed by atoms with Crippen LogP contribution < -0.4 is 4.90 Å². The largest absolute Gasteiger partial charge is 0.338 e. The zero-order valence-electron chi connectivity index (χ0n) is 11.2. The number of benzene rings is 2. The molecule has 2 heteroatoms. The third kappa shape index (κ3) is 1.88. The highest BCUT2D eigenvalue weighted by Gasteiger charge is 2.26. The molecule has 2 nitrogen and oxygen atoms in total. The van der Waals surface area contributed by atoms with E-state index in [0.717, 1.165) is 17.5 Å². The van der Waals surface area contributed by atoms with Crippen LogP contribution in [0.5, 0.6) is 0 Å². The lowest BCUT2D eigenvalue weighted by Crippen LogP contribution is -2.23. The predicted octanol–water partition coefficient (Wildman–Crippen LogP) is 3.95. The molecule has 0 aliphatic carbocycles. The Morgan fingerprint density at radius 2 is 2.00 bits per heavy atom. The summed E-state index contributed by atoms with van der Waals surface area (Å²) in [5.74, 6) is 0. The summed E-state index contributed by atoms with van der Waals surface area (Å²) in [6, 6.07) is 17.3. The van der Waals surface area contributed by atoms with Gasteiger partial charge in [-0.05, 0) is 55.7 Å². The molecule has 0 saturated carbocycles. The van der Waals surface area contributed by atoms with E-state index in [9.17, 15) is 0 Å². The number of para-hydroxylation sites is 1. The average molecular weight is 248 g/mol. The van der Waals surface area contributed by atoms with Crippen molar-refractivity contribution < 1.29 is 0 Å². The van der Waals surface area contributed by atoms with Crippen LogP contribution >= 0.6 is 0 Å². The first-order chi connectivity index (χ1) is 9.20. The third-order valence-electron chi connectivity index (χ3n) is 3.82. The summed E-state index contributed by atoms with van der Waals surface area (Å²) in [5, 5.41) is 9.02. The summed E-state index contributed by atoms with van der Waals surface area (Å²) in [6.45, 7) is 4.24. The number of fused-ring (bicyclic) bond motifs is 1. The lowest BCUT2D eigenvalue weighted by molar-refractivity contribution is 0.758. The molecule has 3 rings (SSSR count). The van der Waals surface area contributed by atoms with Gasteiger partial charge in [0.05, 0.1) is 11.6 Å². The quantitative estimate of drug-likeness (QED) is 0.764. The van der Waals surface area contributed by atoms with Gasteiger partial charge in [0.25, 0.3) is 0 Å². The number of nitrogens with zero attached hydrogens (tertiary/aromatic N) is 2. The smallest absolute Gasteiger partial charge is 0.0994 e. The van der Waals surface area contributed by atoms with Gasteiger partial charge < -0.3 is 4.90 Å². The number of hydrogen-bond donors (Lipinski definition) is 0. The van der Waals surface area contributed by atoms with Crippen molar-refractivity contribution in [2.75, 3.05) is 4.90 Å². The molecule has 1 unspecified atom stereocenters. The van der Waals surface area contributed by atoms with Crippen molar-refractivity contribution in [3.8, 4) is 6.07 Å². The van der Waals surface area contributed by atoms with Gasteiger partial charge in [0, 0.05) is 17.4 Å². The molecule has 1 atom stereocenters. The fourth-order valence-corrected chi connectivity index (χ4v) is 2.88. The third-order valence-corrected chi connectivity index (χ3v) is 3.82. The van der Waals surface area contributed by atoms with Crippen LogP contribution in [0, 0.1) is 18.3 Å². The van der Waals surface area contributed by atoms with E-state index in [1.165, 1.54) is 16.9 Å². The maximum absolute atomic E-state index is 9.02. The van der Waals surface area contributed by atoms with Crippen molar-refractivity contribution in [3.05, 3.63) is 59.2 Å².